The maximum absolute atomic E-state index is 5.78. The predicted octanol–water partition coefficient (Wildman–Crippen LogP) is 7.18. The van der Waals surface area contributed by atoms with Crippen LogP contribution in [0.3, 0.4) is 0 Å². The van der Waals surface area contributed by atoms with E-state index in [1.807, 2.05) is 26.1 Å². The van der Waals surface area contributed by atoms with Crippen molar-refractivity contribution in [2.75, 3.05) is 5.32 Å². The summed E-state index contributed by atoms with van der Waals surface area (Å²) >= 11 is 19.9. The van der Waals surface area contributed by atoms with Crippen molar-refractivity contribution in [1.29, 1.82) is 0 Å². The van der Waals surface area contributed by atoms with E-state index in [1.54, 1.807) is 12.4 Å². The first-order valence-corrected chi connectivity index (χ1v) is 12.7. The molecule has 0 aromatic carbocycles. The van der Waals surface area contributed by atoms with Gasteiger partial charge in [0, 0.05) is 33.2 Å². The zero-order chi connectivity index (χ0) is 26.4. The van der Waals surface area contributed by atoms with Gasteiger partial charge in [0.1, 0.15) is 15.5 Å². The van der Waals surface area contributed by atoms with Gasteiger partial charge in [-0.3, -0.25) is 29.9 Å². The van der Waals surface area contributed by atoms with Crippen LogP contribution in [0.4, 0.5) is 11.5 Å². The number of hydrogen-bond donors (Lipinski definition) is 1. The number of nitrogens with zero attached hydrogens (tertiary/aromatic N) is 8. The Hall–Kier alpha value is -3.05. The molecule has 13 heteroatoms. The molecule has 196 valence electrons. The summed E-state index contributed by atoms with van der Waals surface area (Å²) in [5.74, 6) is 0.594. The summed E-state index contributed by atoms with van der Waals surface area (Å²) in [6, 6.07) is 4.07. The van der Waals surface area contributed by atoms with E-state index < -0.39 is 0 Å². The van der Waals surface area contributed by atoms with E-state index in [9.17, 15) is 0 Å². The molecule has 0 fully saturated rings. The maximum atomic E-state index is 5.78. The Labute approximate surface area is 244 Å². The van der Waals surface area contributed by atoms with Gasteiger partial charge in [-0.25, -0.2) is 9.97 Å². The van der Waals surface area contributed by atoms with Crippen LogP contribution in [0, 0.1) is 0 Å². The summed E-state index contributed by atoms with van der Waals surface area (Å²) in [5.41, 5.74) is 7.31. The van der Waals surface area contributed by atoms with Gasteiger partial charge in [0.2, 0.25) is 0 Å². The average molecular weight is 636 g/mol. The van der Waals surface area contributed by atoms with Crippen LogP contribution in [0.2, 0.25) is 15.5 Å². The zero-order valence-electron chi connectivity index (χ0n) is 19.6. The second-order valence-corrected chi connectivity index (χ2v) is 9.76. The van der Waals surface area contributed by atoms with Crippen molar-refractivity contribution in [3.63, 3.8) is 0 Å². The van der Waals surface area contributed by atoms with E-state index in [2.05, 4.69) is 67.2 Å². The van der Waals surface area contributed by atoms with Crippen molar-refractivity contribution >= 4 is 73.7 Å². The SMILES string of the molecule is C.CC1=NCc2ncc(Br)cc21.CC1=NCc2ncc(Nc3cncc(Cl)n3)cc21.Clc1cncc(Cl)n1. The minimum Gasteiger partial charge on any atom is -0.338 e. The number of aromatic nitrogens is 6. The van der Waals surface area contributed by atoms with Gasteiger partial charge in [0.05, 0.1) is 61.1 Å². The maximum Gasteiger partial charge on any atom is 0.150 e. The summed E-state index contributed by atoms with van der Waals surface area (Å²) in [5, 5.41) is 4.11. The molecule has 0 amide bonds. The van der Waals surface area contributed by atoms with Crippen LogP contribution in [0.5, 0.6) is 0 Å². The second kappa shape index (κ2) is 13.7. The number of halogens is 4. The molecular weight excluding hydrogens is 613 g/mol. The fourth-order valence-corrected chi connectivity index (χ4v) is 4.15. The van der Waals surface area contributed by atoms with Crippen molar-refractivity contribution in [2.45, 2.75) is 34.4 Å². The highest BCUT2D eigenvalue weighted by Crippen LogP contribution is 2.22. The lowest BCUT2D eigenvalue weighted by atomic mass is 10.1. The normalized spacial score (nSPS) is 12.4. The Balaban J connectivity index is 0.000000171. The van der Waals surface area contributed by atoms with Crippen molar-refractivity contribution in [3.8, 4) is 0 Å². The largest absolute Gasteiger partial charge is 0.338 e. The Bertz CT molecular complexity index is 1480. The van der Waals surface area contributed by atoms with Crippen LogP contribution < -0.4 is 5.32 Å². The molecule has 2 aliphatic heterocycles. The van der Waals surface area contributed by atoms with Gasteiger partial charge in [-0.05, 0) is 41.9 Å². The quantitative estimate of drug-likeness (QED) is 0.248. The van der Waals surface area contributed by atoms with Crippen LogP contribution in [0.25, 0.3) is 0 Å². The fourth-order valence-electron chi connectivity index (χ4n) is 3.34. The molecule has 0 aliphatic carbocycles. The Morgan fingerprint density at radius 1 is 0.711 bits per heavy atom. The predicted molar refractivity (Wildman–Crippen MR) is 157 cm³/mol. The molecule has 38 heavy (non-hydrogen) atoms. The van der Waals surface area contributed by atoms with Crippen molar-refractivity contribution in [2.24, 2.45) is 9.98 Å². The first kappa shape index (κ1) is 29.5. The molecule has 0 bridgehead atoms. The second-order valence-electron chi connectivity index (χ2n) is 7.69. The average Bonchev–Trinajstić information content (AvgIpc) is 3.42. The number of anilines is 2. The van der Waals surface area contributed by atoms with Crippen LogP contribution >= 0.6 is 50.7 Å². The summed E-state index contributed by atoms with van der Waals surface area (Å²) in [6.07, 6.45) is 9.52. The molecule has 0 saturated heterocycles. The van der Waals surface area contributed by atoms with Gasteiger partial charge < -0.3 is 5.32 Å². The summed E-state index contributed by atoms with van der Waals surface area (Å²) in [7, 11) is 0. The molecule has 1 N–H and O–H groups in total. The minimum atomic E-state index is 0. The van der Waals surface area contributed by atoms with Gasteiger partial charge in [0.15, 0.2) is 5.82 Å². The van der Waals surface area contributed by atoms with E-state index in [-0.39, 0.29) is 7.43 Å². The number of aliphatic imine (C=N–C) groups is 2. The fraction of sp³-hybridized carbons (Fsp3) is 0.200. The number of pyridine rings is 2. The Morgan fingerprint density at radius 2 is 1.24 bits per heavy atom. The zero-order valence-corrected chi connectivity index (χ0v) is 23.5. The van der Waals surface area contributed by atoms with Gasteiger partial charge in [-0.2, -0.15) is 0 Å². The number of nitrogens with one attached hydrogen (secondary N) is 1. The molecule has 4 aromatic heterocycles. The van der Waals surface area contributed by atoms with Crippen LogP contribution in [-0.2, 0) is 13.1 Å². The molecule has 0 saturated carbocycles. The third-order valence-corrected chi connectivity index (χ3v) is 6.05. The molecule has 2 aliphatic rings. The molecule has 4 aromatic rings. The van der Waals surface area contributed by atoms with Gasteiger partial charge >= 0.3 is 0 Å². The third kappa shape index (κ3) is 7.97. The first-order valence-electron chi connectivity index (χ1n) is 10.8. The number of rotatable bonds is 2. The lowest BCUT2D eigenvalue weighted by Gasteiger charge is -2.07. The van der Waals surface area contributed by atoms with E-state index in [0.717, 1.165) is 45.1 Å². The van der Waals surface area contributed by atoms with Crippen molar-refractivity contribution in [3.05, 3.63) is 91.8 Å². The smallest absolute Gasteiger partial charge is 0.150 e. The highest BCUT2D eigenvalue weighted by molar-refractivity contribution is 9.10. The lowest BCUT2D eigenvalue weighted by molar-refractivity contribution is 1.02. The van der Waals surface area contributed by atoms with E-state index in [4.69, 9.17) is 34.8 Å². The number of fused-ring (bicyclic) bond motifs is 2. The first-order chi connectivity index (χ1) is 17.8. The summed E-state index contributed by atoms with van der Waals surface area (Å²) in [4.78, 5) is 32.6. The number of hydrogen-bond acceptors (Lipinski definition) is 9. The molecular formula is C25H23BrCl3N9. The van der Waals surface area contributed by atoms with Crippen molar-refractivity contribution < 1.29 is 0 Å². The van der Waals surface area contributed by atoms with Gasteiger partial charge in [-0.15, -0.1) is 0 Å². The van der Waals surface area contributed by atoms with Crippen molar-refractivity contribution in [1.82, 2.24) is 29.9 Å². The monoisotopic (exact) mass is 633 g/mol. The van der Waals surface area contributed by atoms with Gasteiger partial charge in [-0.1, -0.05) is 42.2 Å². The molecule has 0 radical (unpaired) electrons. The molecule has 9 nitrogen and oxygen atoms in total. The highest BCUT2D eigenvalue weighted by atomic mass is 79.9. The van der Waals surface area contributed by atoms with Gasteiger partial charge in [0.25, 0.3) is 0 Å². The molecule has 6 heterocycles. The molecule has 6 rings (SSSR count). The lowest BCUT2D eigenvalue weighted by Crippen LogP contribution is -2.00. The summed E-state index contributed by atoms with van der Waals surface area (Å²) in [6.45, 7) is 5.41. The highest BCUT2D eigenvalue weighted by Gasteiger charge is 2.14. The van der Waals surface area contributed by atoms with E-state index in [1.165, 1.54) is 24.2 Å². The molecule has 0 unspecified atom stereocenters. The van der Waals surface area contributed by atoms with E-state index in [0.29, 0.717) is 27.8 Å². The third-order valence-electron chi connectivity index (χ3n) is 5.07. The van der Waals surface area contributed by atoms with Crippen LogP contribution in [-0.4, -0.2) is 41.3 Å². The Morgan fingerprint density at radius 3 is 1.79 bits per heavy atom. The van der Waals surface area contributed by atoms with Crippen LogP contribution in [0.15, 0.2) is 63.8 Å². The topological polar surface area (TPSA) is 114 Å². The summed E-state index contributed by atoms with van der Waals surface area (Å²) < 4.78 is 1.02. The van der Waals surface area contributed by atoms with Crippen LogP contribution in [0.1, 0.15) is 43.8 Å². The Kier molecular flexibility index (Phi) is 10.6. The minimum absolute atomic E-state index is 0. The molecule has 0 atom stereocenters. The standard InChI is InChI=1S/C12H10ClN5.C8H7BrN2.C4H2Cl2N2.CH4/c1-7-9-2-8(3-16-10(9)4-15-7)17-12-6-14-5-11(13)18-12;1-5-7-2-6(9)3-11-8(7)4-10-5;5-3-1-7-2-4(6)8-3;/h2-3,5-6H,4H2,1H3,(H,17,18);2-3H,4H2,1H3;1-2H;1H4. The molecule has 0 spiro atoms. The van der Waals surface area contributed by atoms with E-state index >= 15 is 0 Å².